The molecule has 1 aliphatic rings. The van der Waals surface area contributed by atoms with Gasteiger partial charge in [0.05, 0.1) is 24.4 Å². The van der Waals surface area contributed by atoms with Crippen molar-refractivity contribution >= 4 is 17.5 Å². The van der Waals surface area contributed by atoms with Crippen molar-refractivity contribution in [3.63, 3.8) is 0 Å². The van der Waals surface area contributed by atoms with E-state index in [1.807, 2.05) is 30.3 Å². The molecule has 10 heteroatoms. The molecule has 0 radical (unpaired) electrons. The van der Waals surface area contributed by atoms with Crippen molar-refractivity contribution in [1.82, 2.24) is 9.80 Å². The number of nitrogens with one attached hydrogen (secondary N) is 1. The van der Waals surface area contributed by atoms with Crippen LogP contribution in [-0.2, 0) is 20.5 Å². The van der Waals surface area contributed by atoms with Crippen LogP contribution < -0.4 is 10.1 Å². The Morgan fingerprint density at radius 2 is 1.58 bits per heavy atom. The van der Waals surface area contributed by atoms with Crippen molar-refractivity contribution in [2.75, 3.05) is 57.9 Å². The molecule has 1 fully saturated rings. The quantitative estimate of drug-likeness (QED) is 0.577. The van der Waals surface area contributed by atoms with Crippen LogP contribution in [0.3, 0.4) is 0 Å². The zero-order valence-electron chi connectivity index (χ0n) is 18.0. The zero-order valence-corrected chi connectivity index (χ0v) is 18.0. The number of rotatable bonds is 9. The first kappa shape index (κ1) is 24.5. The molecule has 2 amide bonds. The molecule has 1 N–H and O–H groups in total. The van der Waals surface area contributed by atoms with E-state index in [-0.39, 0.29) is 31.4 Å². The summed E-state index contributed by atoms with van der Waals surface area (Å²) in [5.41, 5.74) is -1.15. The Morgan fingerprint density at radius 1 is 0.909 bits per heavy atom. The van der Waals surface area contributed by atoms with E-state index in [0.717, 1.165) is 11.8 Å². The van der Waals surface area contributed by atoms with Crippen LogP contribution in [-0.4, -0.2) is 74.2 Å². The van der Waals surface area contributed by atoms with Gasteiger partial charge in [0.1, 0.15) is 19.0 Å². The second-order valence-electron chi connectivity index (χ2n) is 7.46. The van der Waals surface area contributed by atoms with Gasteiger partial charge in [0.15, 0.2) is 0 Å². The van der Waals surface area contributed by atoms with Gasteiger partial charge in [-0.05, 0) is 24.3 Å². The van der Waals surface area contributed by atoms with Gasteiger partial charge in [-0.3, -0.25) is 14.5 Å². The lowest BCUT2D eigenvalue weighted by Gasteiger charge is -2.34. The molecule has 0 aliphatic carbocycles. The summed E-state index contributed by atoms with van der Waals surface area (Å²) >= 11 is 0. The van der Waals surface area contributed by atoms with Gasteiger partial charge in [0.2, 0.25) is 11.8 Å². The van der Waals surface area contributed by atoms with Crippen molar-refractivity contribution in [2.24, 2.45) is 0 Å². The minimum atomic E-state index is -4.55. The maximum Gasteiger partial charge on any atom is 0.418 e. The third-order valence-corrected chi connectivity index (χ3v) is 5.06. The third kappa shape index (κ3) is 7.76. The van der Waals surface area contributed by atoms with E-state index in [1.54, 1.807) is 9.80 Å². The number of halogens is 3. The summed E-state index contributed by atoms with van der Waals surface area (Å²) in [7, 11) is 0. The third-order valence-electron chi connectivity index (χ3n) is 5.06. The maximum atomic E-state index is 13.1. The first-order valence-corrected chi connectivity index (χ1v) is 10.5. The van der Waals surface area contributed by atoms with Gasteiger partial charge in [-0.15, -0.1) is 0 Å². The normalized spacial score (nSPS) is 14.7. The number of hydrogen-bond donors (Lipinski definition) is 1. The van der Waals surface area contributed by atoms with Gasteiger partial charge in [0.25, 0.3) is 0 Å². The SMILES string of the molecule is O=C(CN1CCN(C(=O)COCCOc2ccccc2)CC1)Nc1ccccc1C(F)(F)F. The predicted molar refractivity (Wildman–Crippen MR) is 116 cm³/mol. The second-order valence-corrected chi connectivity index (χ2v) is 7.46. The average molecular weight is 465 g/mol. The van der Waals surface area contributed by atoms with Crippen LogP contribution in [0, 0.1) is 0 Å². The number of nitrogens with zero attached hydrogens (tertiary/aromatic N) is 2. The predicted octanol–water partition coefficient (Wildman–Crippen LogP) is 2.88. The molecule has 0 aromatic heterocycles. The van der Waals surface area contributed by atoms with Crippen LogP contribution in [0.5, 0.6) is 5.75 Å². The Labute approximate surface area is 190 Å². The number of anilines is 1. The summed E-state index contributed by atoms with van der Waals surface area (Å²) in [6, 6.07) is 14.1. The molecular weight excluding hydrogens is 439 g/mol. The van der Waals surface area contributed by atoms with Gasteiger partial charge in [-0.2, -0.15) is 13.2 Å². The highest BCUT2D eigenvalue weighted by Gasteiger charge is 2.33. The van der Waals surface area contributed by atoms with Crippen LogP contribution in [0.15, 0.2) is 54.6 Å². The molecule has 2 aromatic rings. The number of hydrogen-bond acceptors (Lipinski definition) is 5. The topological polar surface area (TPSA) is 71.1 Å². The highest BCUT2D eigenvalue weighted by molar-refractivity contribution is 5.93. The molecule has 7 nitrogen and oxygen atoms in total. The molecule has 2 aromatic carbocycles. The molecule has 3 rings (SSSR count). The molecule has 0 atom stereocenters. The van der Waals surface area contributed by atoms with Crippen molar-refractivity contribution < 1.29 is 32.2 Å². The Morgan fingerprint density at radius 3 is 2.27 bits per heavy atom. The number of ether oxygens (including phenoxy) is 2. The van der Waals surface area contributed by atoms with Crippen LogP contribution in [0.2, 0.25) is 0 Å². The summed E-state index contributed by atoms with van der Waals surface area (Å²) in [6.07, 6.45) is -4.55. The minimum absolute atomic E-state index is 0.0540. The van der Waals surface area contributed by atoms with Crippen molar-refractivity contribution in [3.8, 4) is 5.75 Å². The van der Waals surface area contributed by atoms with Gasteiger partial charge in [-0.25, -0.2) is 0 Å². The Kier molecular flexibility index (Phi) is 8.67. The largest absolute Gasteiger partial charge is 0.491 e. The first-order valence-electron chi connectivity index (χ1n) is 10.5. The van der Waals surface area contributed by atoms with E-state index in [4.69, 9.17) is 9.47 Å². The van der Waals surface area contributed by atoms with Crippen molar-refractivity contribution in [3.05, 3.63) is 60.2 Å². The number of carbonyl (C=O) groups excluding carboxylic acids is 2. The Hall–Kier alpha value is -3.11. The fourth-order valence-electron chi connectivity index (χ4n) is 3.37. The van der Waals surface area contributed by atoms with E-state index >= 15 is 0 Å². The van der Waals surface area contributed by atoms with E-state index in [2.05, 4.69) is 5.32 Å². The minimum Gasteiger partial charge on any atom is -0.491 e. The lowest BCUT2D eigenvalue weighted by Crippen LogP contribution is -2.51. The second kappa shape index (κ2) is 11.7. The van der Waals surface area contributed by atoms with Crippen LogP contribution >= 0.6 is 0 Å². The molecule has 1 saturated heterocycles. The highest BCUT2D eigenvalue weighted by Crippen LogP contribution is 2.34. The van der Waals surface area contributed by atoms with Gasteiger partial charge < -0.3 is 19.7 Å². The zero-order chi connectivity index (χ0) is 23.7. The van der Waals surface area contributed by atoms with E-state index < -0.39 is 17.6 Å². The lowest BCUT2D eigenvalue weighted by atomic mass is 10.1. The number of carbonyl (C=O) groups is 2. The number of amides is 2. The van der Waals surface area contributed by atoms with Crippen molar-refractivity contribution in [1.29, 1.82) is 0 Å². The van der Waals surface area contributed by atoms with E-state index in [9.17, 15) is 22.8 Å². The summed E-state index contributed by atoms with van der Waals surface area (Å²) in [6.45, 7) is 2.20. The molecule has 0 saturated carbocycles. The fourth-order valence-corrected chi connectivity index (χ4v) is 3.37. The molecule has 0 spiro atoms. The van der Waals surface area contributed by atoms with Gasteiger partial charge in [0, 0.05) is 26.2 Å². The molecular formula is C23H26F3N3O4. The lowest BCUT2D eigenvalue weighted by molar-refractivity contribution is -0.138. The Bertz CT molecular complexity index is 917. The monoisotopic (exact) mass is 465 g/mol. The molecule has 33 heavy (non-hydrogen) atoms. The smallest absolute Gasteiger partial charge is 0.418 e. The number of alkyl halides is 3. The standard InChI is InChI=1S/C23H26F3N3O4/c24-23(25,26)19-8-4-5-9-20(19)27-21(30)16-28-10-12-29(13-11-28)22(31)17-32-14-15-33-18-6-2-1-3-7-18/h1-9H,10-17H2,(H,27,30). The number of para-hydroxylation sites is 2. The molecule has 0 unspecified atom stereocenters. The number of benzene rings is 2. The van der Waals surface area contributed by atoms with Crippen molar-refractivity contribution in [2.45, 2.75) is 6.18 Å². The fraction of sp³-hybridized carbons (Fsp3) is 0.391. The van der Waals surface area contributed by atoms with Gasteiger partial charge in [-0.1, -0.05) is 30.3 Å². The number of piperazine rings is 1. The van der Waals surface area contributed by atoms with E-state index in [0.29, 0.717) is 32.8 Å². The summed E-state index contributed by atoms with van der Waals surface area (Å²) < 4.78 is 50.1. The van der Waals surface area contributed by atoms with Crippen LogP contribution in [0.25, 0.3) is 0 Å². The summed E-state index contributed by atoms with van der Waals surface area (Å²) in [4.78, 5) is 28.0. The van der Waals surface area contributed by atoms with Crippen LogP contribution in [0.1, 0.15) is 5.56 Å². The first-order chi connectivity index (χ1) is 15.8. The van der Waals surface area contributed by atoms with E-state index in [1.165, 1.54) is 18.2 Å². The molecule has 178 valence electrons. The molecule has 1 heterocycles. The van der Waals surface area contributed by atoms with Gasteiger partial charge >= 0.3 is 6.18 Å². The Balaban J connectivity index is 1.34. The highest BCUT2D eigenvalue weighted by atomic mass is 19.4. The summed E-state index contributed by atoms with van der Waals surface area (Å²) in [5.74, 6) is 0.0422. The maximum absolute atomic E-state index is 13.1. The molecule has 0 bridgehead atoms. The van der Waals surface area contributed by atoms with Crippen LogP contribution in [0.4, 0.5) is 18.9 Å². The molecule has 1 aliphatic heterocycles. The summed E-state index contributed by atoms with van der Waals surface area (Å²) in [5, 5.41) is 2.34. The average Bonchev–Trinajstić information content (AvgIpc) is 2.79.